The summed E-state index contributed by atoms with van der Waals surface area (Å²) in [5.41, 5.74) is 2.93. The van der Waals surface area contributed by atoms with Crippen molar-refractivity contribution in [1.82, 2.24) is 4.98 Å². The molecule has 0 aliphatic heterocycles. The Morgan fingerprint density at radius 1 is 0.889 bits per heavy atom. The summed E-state index contributed by atoms with van der Waals surface area (Å²) in [6, 6.07) is 21.1. The maximum atomic E-state index is 11.4. The van der Waals surface area contributed by atoms with Gasteiger partial charge in [0.2, 0.25) is 0 Å². The molecule has 0 spiro atoms. The lowest BCUT2D eigenvalue weighted by molar-refractivity contribution is 0.0691. The lowest BCUT2D eigenvalue weighted by Gasteiger charge is -2.09. The van der Waals surface area contributed by atoms with Gasteiger partial charge in [-0.2, -0.15) is 0 Å². The first-order valence-corrected chi connectivity index (χ1v) is 9.67. The number of carboxylic acid groups (broad SMARTS) is 1. The molecule has 0 atom stereocenters. The van der Waals surface area contributed by atoms with Gasteiger partial charge in [-0.3, -0.25) is 0 Å². The number of nitrogens with one attached hydrogen (secondary N) is 1. The van der Waals surface area contributed by atoms with E-state index in [-0.39, 0.29) is 5.69 Å². The SMILES string of the molecule is O=C(O)c1cc2c(-c3ccccc3)cc(Sc3ccc(Cl)c(Cl)c3)cc2[nH]1. The Morgan fingerprint density at radius 2 is 1.67 bits per heavy atom. The second-order valence-electron chi connectivity index (χ2n) is 5.96. The number of aromatic nitrogens is 1. The summed E-state index contributed by atoms with van der Waals surface area (Å²) in [7, 11) is 0. The van der Waals surface area contributed by atoms with Gasteiger partial charge in [0.25, 0.3) is 0 Å². The first kappa shape index (κ1) is 18.0. The van der Waals surface area contributed by atoms with Gasteiger partial charge >= 0.3 is 5.97 Å². The van der Waals surface area contributed by atoms with E-state index in [0.29, 0.717) is 10.0 Å². The summed E-state index contributed by atoms with van der Waals surface area (Å²) in [6.07, 6.45) is 0. The summed E-state index contributed by atoms with van der Waals surface area (Å²) >= 11 is 13.7. The van der Waals surface area contributed by atoms with E-state index in [4.69, 9.17) is 23.2 Å². The topological polar surface area (TPSA) is 53.1 Å². The maximum absolute atomic E-state index is 11.4. The van der Waals surface area contributed by atoms with E-state index in [0.717, 1.165) is 31.8 Å². The third-order valence-electron chi connectivity index (χ3n) is 4.15. The zero-order valence-electron chi connectivity index (χ0n) is 13.9. The van der Waals surface area contributed by atoms with Gasteiger partial charge in [0.1, 0.15) is 5.69 Å². The molecule has 1 heterocycles. The molecule has 0 aliphatic carbocycles. The smallest absolute Gasteiger partial charge is 0.352 e. The molecule has 1 aromatic heterocycles. The van der Waals surface area contributed by atoms with Gasteiger partial charge in [-0.15, -0.1) is 0 Å². The zero-order valence-corrected chi connectivity index (χ0v) is 16.2. The maximum Gasteiger partial charge on any atom is 0.352 e. The number of rotatable bonds is 4. The van der Waals surface area contributed by atoms with Gasteiger partial charge in [0.05, 0.1) is 10.0 Å². The number of H-pyrrole nitrogens is 1. The number of hydrogen-bond donors (Lipinski definition) is 2. The van der Waals surface area contributed by atoms with Crippen LogP contribution in [0.1, 0.15) is 10.5 Å². The summed E-state index contributed by atoms with van der Waals surface area (Å²) < 4.78 is 0. The van der Waals surface area contributed by atoms with Crippen LogP contribution >= 0.6 is 35.0 Å². The molecule has 4 rings (SSSR count). The van der Waals surface area contributed by atoms with Crippen molar-refractivity contribution in [3.05, 3.63) is 82.5 Å². The molecule has 0 bridgehead atoms. The minimum absolute atomic E-state index is 0.166. The summed E-state index contributed by atoms with van der Waals surface area (Å²) in [5.74, 6) is -0.983. The highest BCUT2D eigenvalue weighted by Gasteiger charge is 2.14. The number of fused-ring (bicyclic) bond motifs is 1. The standard InChI is InChI=1S/C21H13Cl2NO2S/c22-17-7-6-13(9-18(17)23)27-14-8-15(12-4-2-1-3-5-12)16-11-20(21(25)26)24-19(16)10-14/h1-11,24H,(H,25,26). The highest BCUT2D eigenvalue weighted by Crippen LogP contribution is 2.38. The van der Waals surface area contributed by atoms with E-state index in [1.165, 1.54) is 0 Å². The number of carboxylic acids is 1. The molecule has 3 aromatic carbocycles. The van der Waals surface area contributed by atoms with Crippen LogP contribution in [0.2, 0.25) is 10.0 Å². The Bertz CT molecular complexity index is 1160. The van der Waals surface area contributed by atoms with Gasteiger partial charge < -0.3 is 10.1 Å². The number of hydrogen-bond acceptors (Lipinski definition) is 2. The summed E-state index contributed by atoms with van der Waals surface area (Å²) in [4.78, 5) is 16.3. The summed E-state index contributed by atoms with van der Waals surface area (Å²) in [5, 5.41) is 11.2. The first-order chi connectivity index (χ1) is 13.0. The minimum atomic E-state index is -0.983. The van der Waals surface area contributed by atoms with Crippen LogP contribution in [-0.2, 0) is 0 Å². The molecule has 6 heteroatoms. The molecule has 2 N–H and O–H groups in total. The molecule has 0 saturated carbocycles. The van der Waals surface area contributed by atoms with Crippen LogP contribution in [0, 0.1) is 0 Å². The largest absolute Gasteiger partial charge is 0.477 e. The Hall–Kier alpha value is -2.40. The second-order valence-corrected chi connectivity index (χ2v) is 7.93. The van der Waals surface area contributed by atoms with Crippen molar-refractivity contribution in [2.75, 3.05) is 0 Å². The zero-order chi connectivity index (χ0) is 19.0. The molecule has 0 radical (unpaired) electrons. The van der Waals surface area contributed by atoms with E-state index < -0.39 is 5.97 Å². The average molecular weight is 414 g/mol. The Balaban J connectivity index is 1.86. The minimum Gasteiger partial charge on any atom is -0.477 e. The average Bonchev–Trinajstić information content (AvgIpc) is 3.09. The van der Waals surface area contributed by atoms with Gasteiger partial charge in [0.15, 0.2) is 0 Å². The fourth-order valence-electron chi connectivity index (χ4n) is 2.92. The predicted molar refractivity (Wildman–Crippen MR) is 111 cm³/mol. The molecule has 3 nitrogen and oxygen atoms in total. The number of halogens is 2. The van der Waals surface area contributed by atoms with E-state index >= 15 is 0 Å². The van der Waals surface area contributed by atoms with Gasteiger partial charge in [-0.1, -0.05) is 65.3 Å². The lowest BCUT2D eigenvalue weighted by Crippen LogP contribution is -1.94. The number of aromatic carboxylic acids is 1. The van der Waals surface area contributed by atoms with E-state index in [9.17, 15) is 9.90 Å². The first-order valence-electron chi connectivity index (χ1n) is 8.09. The van der Waals surface area contributed by atoms with Crippen molar-refractivity contribution in [1.29, 1.82) is 0 Å². The van der Waals surface area contributed by atoms with E-state index in [2.05, 4.69) is 11.1 Å². The molecule has 0 saturated heterocycles. The van der Waals surface area contributed by atoms with Gasteiger partial charge in [-0.25, -0.2) is 4.79 Å². The van der Waals surface area contributed by atoms with Crippen LogP contribution < -0.4 is 0 Å². The molecule has 134 valence electrons. The highest BCUT2D eigenvalue weighted by molar-refractivity contribution is 7.99. The van der Waals surface area contributed by atoms with Crippen LogP contribution in [0.3, 0.4) is 0 Å². The Kier molecular flexibility index (Phi) is 4.87. The summed E-state index contributed by atoms with van der Waals surface area (Å²) in [6.45, 7) is 0. The van der Waals surface area contributed by atoms with Crippen LogP contribution in [0.25, 0.3) is 22.0 Å². The molecule has 0 amide bonds. The normalized spacial score (nSPS) is 11.0. The van der Waals surface area contributed by atoms with Crippen LogP contribution in [0.15, 0.2) is 76.5 Å². The third kappa shape index (κ3) is 3.69. The van der Waals surface area contributed by atoms with E-state index in [1.54, 1.807) is 23.9 Å². The van der Waals surface area contributed by atoms with Crippen LogP contribution in [0.4, 0.5) is 0 Å². The van der Waals surface area contributed by atoms with Crippen molar-refractivity contribution < 1.29 is 9.90 Å². The molecular weight excluding hydrogens is 401 g/mol. The molecule has 0 fully saturated rings. The fraction of sp³-hybridized carbons (Fsp3) is 0. The quantitative estimate of drug-likeness (QED) is 0.378. The predicted octanol–water partition coefficient (Wildman–Crippen LogP) is 6.99. The van der Waals surface area contributed by atoms with Gasteiger partial charge in [-0.05, 0) is 47.5 Å². The molecular formula is C21H13Cl2NO2S. The Morgan fingerprint density at radius 3 is 2.37 bits per heavy atom. The monoisotopic (exact) mass is 413 g/mol. The second kappa shape index (κ2) is 7.31. The van der Waals surface area contributed by atoms with E-state index in [1.807, 2.05) is 48.5 Å². The van der Waals surface area contributed by atoms with Crippen molar-refractivity contribution in [3.63, 3.8) is 0 Å². The molecule has 27 heavy (non-hydrogen) atoms. The van der Waals surface area contributed by atoms with Crippen molar-refractivity contribution in [3.8, 4) is 11.1 Å². The molecule has 0 unspecified atom stereocenters. The van der Waals surface area contributed by atoms with Crippen molar-refractivity contribution >= 4 is 51.8 Å². The number of aromatic amines is 1. The van der Waals surface area contributed by atoms with Crippen molar-refractivity contribution in [2.45, 2.75) is 9.79 Å². The van der Waals surface area contributed by atoms with Crippen LogP contribution in [0.5, 0.6) is 0 Å². The molecule has 0 aliphatic rings. The number of benzene rings is 3. The molecule has 4 aromatic rings. The van der Waals surface area contributed by atoms with Gasteiger partial charge in [0, 0.05) is 20.7 Å². The van der Waals surface area contributed by atoms with Crippen LogP contribution in [-0.4, -0.2) is 16.1 Å². The third-order valence-corrected chi connectivity index (χ3v) is 5.85. The Labute approximate surface area is 169 Å². The lowest BCUT2D eigenvalue weighted by atomic mass is 10.0. The highest BCUT2D eigenvalue weighted by atomic mass is 35.5. The van der Waals surface area contributed by atoms with Crippen molar-refractivity contribution in [2.24, 2.45) is 0 Å². The number of carbonyl (C=O) groups is 1. The fourth-order valence-corrected chi connectivity index (χ4v) is 4.22.